The van der Waals surface area contributed by atoms with Gasteiger partial charge in [-0.1, -0.05) is 6.92 Å². The molecule has 1 atom stereocenters. The molecule has 0 saturated carbocycles. The number of hydrogen-bond donors (Lipinski definition) is 4. The first-order valence-electron chi connectivity index (χ1n) is 15.1. The monoisotopic (exact) mass is 579 g/mol. The molecule has 3 fully saturated rings. The molecular formula is C31H42FN7O3. The lowest BCUT2D eigenvalue weighted by Gasteiger charge is -2.40. The topological polar surface area (TPSA) is 109 Å². The molecule has 0 aromatic heterocycles. The molecular weight excluding hydrogens is 537 g/mol. The fourth-order valence-electron chi connectivity index (χ4n) is 5.96. The molecule has 0 aliphatic carbocycles. The predicted octanol–water partition coefficient (Wildman–Crippen LogP) is 2.73. The van der Waals surface area contributed by atoms with Gasteiger partial charge in [0.15, 0.2) is 0 Å². The molecule has 10 nitrogen and oxygen atoms in total. The van der Waals surface area contributed by atoms with E-state index in [9.17, 15) is 14.4 Å². The summed E-state index contributed by atoms with van der Waals surface area (Å²) in [5, 5.41) is 5.37. The summed E-state index contributed by atoms with van der Waals surface area (Å²) in [7, 11) is 0. The van der Waals surface area contributed by atoms with Gasteiger partial charge < -0.3 is 15.1 Å². The van der Waals surface area contributed by atoms with Crippen LogP contribution >= 0.6 is 0 Å². The molecule has 0 bridgehead atoms. The lowest BCUT2D eigenvalue weighted by molar-refractivity contribution is -0.133. The average Bonchev–Trinajstić information content (AvgIpc) is 3.00. The number of carbonyl (C=O) groups is 3. The fraction of sp³-hybridized carbons (Fsp3) is 0.516. The van der Waals surface area contributed by atoms with Crippen LogP contribution < -0.4 is 31.3 Å². The number of nitrogens with one attached hydrogen (secondary N) is 4. The molecule has 42 heavy (non-hydrogen) atoms. The average molecular weight is 580 g/mol. The Labute approximate surface area is 247 Å². The third kappa shape index (κ3) is 7.57. The fourth-order valence-corrected chi connectivity index (χ4v) is 5.96. The zero-order valence-electron chi connectivity index (χ0n) is 24.3. The predicted molar refractivity (Wildman–Crippen MR) is 162 cm³/mol. The molecule has 0 spiro atoms. The highest BCUT2D eigenvalue weighted by molar-refractivity contribution is 6.01. The van der Waals surface area contributed by atoms with Crippen LogP contribution in [-0.4, -0.2) is 81.0 Å². The number of anilines is 3. The molecule has 0 radical (unpaired) electrons. The number of rotatable bonds is 10. The van der Waals surface area contributed by atoms with E-state index >= 15 is 4.39 Å². The highest BCUT2D eigenvalue weighted by Crippen LogP contribution is 2.29. The highest BCUT2D eigenvalue weighted by atomic mass is 19.1. The van der Waals surface area contributed by atoms with E-state index in [2.05, 4.69) is 36.2 Å². The van der Waals surface area contributed by atoms with Crippen LogP contribution in [0, 0.1) is 11.7 Å². The number of imide groups is 1. The molecule has 3 aliphatic rings. The lowest BCUT2D eigenvalue weighted by atomic mass is 9.95. The van der Waals surface area contributed by atoms with Crippen LogP contribution in [-0.2, 0) is 9.59 Å². The van der Waals surface area contributed by atoms with Crippen molar-refractivity contribution < 1.29 is 18.8 Å². The first-order chi connectivity index (χ1) is 20.4. The first-order valence-corrected chi connectivity index (χ1v) is 15.1. The Morgan fingerprint density at radius 1 is 0.952 bits per heavy atom. The van der Waals surface area contributed by atoms with Gasteiger partial charge in [-0.15, -0.1) is 0 Å². The molecule has 11 heteroatoms. The lowest BCUT2D eigenvalue weighted by Crippen LogP contribution is -2.49. The van der Waals surface area contributed by atoms with Crippen molar-refractivity contribution in [1.29, 1.82) is 0 Å². The summed E-state index contributed by atoms with van der Waals surface area (Å²) in [6.45, 7) is 9.38. The number of hydrogen-bond acceptors (Lipinski definition) is 8. The zero-order chi connectivity index (χ0) is 29.5. The Morgan fingerprint density at radius 3 is 2.36 bits per heavy atom. The van der Waals surface area contributed by atoms with Gasteiger partial charge in [0.25, 0.3) is 5.91 Å². The number of hydrazine groups is 1. The highest BCUT2D eigenvalue weighted by Gasteiger charge is 2.28. The summed E-state index contributed by atoms with van der Waals surface area (Å²) in [5.41, 5.74) is 8.57. The van der Waals surface area contributed by atoms with Gasteiger partial charge >= 0.3 is 0 Å². The quantitative estimate of drug-likeness (QED) is 0.193. The number of piperidine rings is 2. The summed E-state index contributed by atoms with van der Waals surface area (Å²) in [5.74, 6) is -0.468. The summed E-state index contributed by atoms with van der Waals surface area (Å²) in [6.07, 6.45) is 3.68. The molecule has 4 N–H and O–H groups in total. The Bertz CT molecular complexity index is 1240. The SMILES string of the molecule is CCCNNC(=O)c1ccc(N2CCN(CC3CCN(c4ccc(NC5CCC(=O)NC5=O)cc4F)CC3)CC2)cc1. The number of carbonyl (C=O) groups excluding carboxylic acids is 3. The van der Waals surface area contributed by atoms with Gasteiger partial charge in [-0.3, -0.25) is 30.0 Å². The van der Waals surface area contributed by atoms with E-state index < -0.39 is 6.04 Å². The third-order valence-corrected chi connectivity index (χ3v) is 8.44. The van der Waals surface area contributed by atoms with E-state index in [0.29, 0.717) is 29.3 Å². The molecule has 226 valence electrons. The van der Waals surface area contributed by atoms with Crippen molar-refractivity contribution in [3.63, 3.8) is 0 Å². The van der Waals surface area contributed by atoms with E-state index in [1.807, 2.05) is 31.2 Å². The van der Waals surface area contributed by atoms with Gasteiger partial charge in [0.2, 0.25) is 11.8 Å². The Hall–Kier alpha value is -3.70. The van der Waals surface area contributed by atoms with Crippen molar-refractivity contribution >= 4 is 34.8 Å². The number of piperazine rings is 1. The Morgan fingerprint density at radius 2 is 1.69 bits per heavy atom. The summed E-state index contributed by atoms with van der Waals surface area (Å²) < 4.78 is 15.0. The number of benzene rings is 2. The largest absolute Gasteiger partial charge is 0.374 e. The number of nitrogens with zero attached hydrogens (tertiary/aromatic N) is 3. The van der Waals surface area contributed by atoms with Crippen molar-refractivity contribution in [1.82, 2.24) is 21.1 Å². The van der Waals surface area contributed by atoms with Gasteiger partial charge in [-0.25, -0.2) is 9.82 Å². The first kappa shape index (κ1) is 29.8. The smallest absolute Gasteiger partial charge is 0.265 e. The van der Waals surface area contributed by atoms with Crippen molar-refractivity contribution in [3.05, 3.63) is 53.8 Å². The number of halogens is 1. The van der Waals surface area contributed by atoms with E-state index in [1.54, 1.807) is 12.1 Å². The zero-order valence-corrected chi connectivity index (χ0v) is 24.3. The van der Waals surface area contributed by atoms with Crippen LogP contribution in [0.15, 0.2) is 42.5 Å². The van der Waals surface area contributed by atoms with Gasteiger partial charge in [-0.05, 0) is 74.1 Å². The van der Waals surface area contributed by atoms with Crippen molar-refractivity contribution in [2.24, 2.45) is 5.92 Å². The Balaban J connectivity index is 1.04. The van der Waals surface area contributed by atoms with Crippen LogP contribution in [0.4, 0.5) is 21.5 Å². The van der Waals surface area contributed by atoms with Crippen LogP contribution in [0.5, 0.6) is 0 Å². The molecule has 5 rings (SSSR count). The molecule has 2 aromatic carbocycles. The Kier molecular flexibility index (Phi) is 9.91. The maximum Gasteiger partial charge on any atom is 0.265 e. The van der Waals surface area contributed by atoms with E-state index in [-0.39, 0.29) is 30.0 Å². The second-order valence-electron chi connectivity index (χ2n) is 11.5. The third-order valence-electron chi connectivity index (χ3n) is 8.44. The van der Waals surface area contributed by atoms with Crippen LogP contribution in [0.2, 0.25) is 0 Å². The minimum Gasteiger partial charge on any atom is -0.374 e. The summed E-state index contributed by atoms with van der Waals surface area (Å²) >= 11 is 0. The second kappa shape index (κ2) is 14.0. The minimum absolute atomic E-state index is 0.118. The van der Waals surface area contributed by atoms with Crippen molar-refractivity contribution in [2.75, 3.05) is 67.5 Å². The summed E-state index contributed by atoms with van der Waals surface area (Å²) in [6, 6.07) is 12.3. The molecule has 2 aromatic rings. The molecule has 1 unspecified atom stereocenters. The van der Waals surface area contributed by atoms with Crippen LogP contribution in [0.3, 0.4) is 0 Å². The van der Waals surface area contributed by atoms with E-state index in [0.717, 1.165) is 77.3 Å². The van der Waals surface area contributed by atoms with Gasteiger partial charge in [0, 0.05) is 75.7 Å². The molecule has 3 aliphatic heterocycles. The minimum atomic E-state index is -0.530. The normalized spacial score (nSPS) is 20.4. The standard InChI is InChI=1S/C31H42FN7O3/c1-2-13-33-36-30(41)23-3-6-25(7-4-23)38-18-16-37(17-19-38)21-22-11-14-39(15-12-22)28-9-5-24(20-26(28)32)34-27-8-10-29(40)35-31(27)42/h3-7,9,20,22,27,33-34H,2,8,10-19,21H2,1H3,(H,36,41)(H,35,40,42). The van der Waals surface area contributed by atoms with Crippen LogP contribution in [0.25, 0.3) is 0 Å². The molecule has 3 heterocycles. The van der Waals surface area contributed by atoms with E-state index in [1.165, 1.54) is 6.07 Å². The van der Waals surface area contributed by atoms with Gasteiger partial charge in [0.1, 0.15) is 11.9 Å². The maximum absolute atomic E-state index is 15.0. The van der Waals surface area contributed by atoms with Crippen molar-refractivity contribution in [3.8, 4) is 0 Å². The van der Waals surface area contributed by atoms with Crippen LogP contribution in [0.1, 0.15) is 49.4 Å². The summed E-state index contributed by atoms with van der Waals surface area (Å²) in [4.78, 5) is 42.6. The van der Waals surface area contributed by atoms with Crippen molar-refractivity contribution in [2.45, 2.75) is 45.1 Å². The molecule has 3 amide bonds. The van der Waals surface area contributed by atoms with Gasteiger partial charge in [-0.2, -0.15) is 0 Å². The number of amides is 3. The second-order valence-corrected chi connectivity index (χ2v) is 11.5. The van der Waals surface area contributed by atoms with Gasteiger partial charge in [0.05, 0.1) is 5.69 Å². The van der Waals surface area contributed by atoms with E-state index in [4.69, 9.17) is 0 Å². The maximum atomic E-state index is 15.0. The molecule has 3 saturated heterocycles.